The molecule has 6 heteroatoms. The van der Waals surface area contributed by atoms with Gasteiger partial charge in [-0.3, -0.25) is 4.90 Å². The lowest BCUT2D eigenvalue weighted by Crippen LogP contribution is -2.31. The van der Waals surface area contributed by atoms with E-state index in [9.17, 15) is 9.90 Å². The van der Waals surface area contributed by atoms with E-state index in [1.807, 2.05) is 42.5 Å². The van der Waals surface area contributed by atoms with Crippen molar-refractivity contribution in [2.24, 2.45) is 0 Å². The Labute approximate surface area is 188 Å². The molecule has 32 heavy (non-hydrogen) atoms. The van der Waals surface area contributed by atoms with E-state index in [0.717, 1.165) is 35.4 Å². The highest BCUT2D eigenvalue weighted by molar-refractivity contribution is 6.06. The number of carboxylic acids is 1. The summed E-state index contributed by atoms with van der Waals surface area (Å²) in [6, 6.07) is 13.3. The van der Waals surface area contributed by atoms with Crippen molar-refractivity contribution in [1.82, 2.24) is 9.88 Å². The number of rotatable bonds is 7. The summed E-state index contributed by atoms with van der Waals surface area (Å²) in [5.74, 6) is 0.470. The first-order valence-electron chi connectivity index (χ1n) is 10.9. The number of nitrogens with zero attached hydrogens (tertiary/aromatic N) is 2. The molecule has 0 aliphatic carbocycles. The first-order chi connectivity index (χ1) is 15.5. The molecule has 0 unspecified atom stereocenters. The summed E-state index contributed by atoms with van der Waals surface area (Å²) in [6.45, 7) is 6.86. The zero-order valence-corrected chi connectivity index (χ0v) is 18.7. The Bertz CT molecular complexity index is 1190. The van der Waals surface area contributed by atoms with E-state index in [0.29, 0.717) is 47.7 Å². The number of carboxylic acid groups (broad SMARTS) is 1. The summed E-state index contributed by atoms with van der Waals surface area (Å²) in [7, 11) is 1.63. The molecule has 0 spiro atoms. The monoisotopic (exact) mass is 432 g/mol. The molecule has 3 aromatic rings. The fraction of sp³-hybridized carbons (Fsp3) is 0.308. The van der Waals surface area contributed by atoms with E-state index in [1.165, 1.54) is 0 Å². The Morgan fingerprint density at radius 1 is 1.16 bits per heavy atom. The molecule has 6 nitrogen and oxygen atoms in total. The average Bonchev–Trinajstić information content (AvgIpc) is 2.81. The van der Waals surface area contributed by atoms with Crippen molar-refractivity contribution in [2.75, 3.05) is 26.8 Å². The third-order valence-electron chi connectivity index (χ3n) is 5.72. The second-order valence-electron chi connectivity index (χ2n) is 7.87. The predicted octanol–water partition coefficient (Wildman–Crippen LogP) is 5.11. The van der Waals surface area contributed by atoms with E-state index in [1.54, 1.807) is 7.11 Å². The Hall–Kier alpha value is -3.38. The number of fused-ring (bicyclic) bond motifs is 2. The molecule has 0 fully saturated rings. The van der Waals surface area contributed by atoms with Crippen LogP contribution in [0.2, 0.25) is 0 Å². The Morgan fingerprint density at radius 3 is 2.69 bits per heavy atom. The van der Waals surface area contributed by atoms with E-state index in [2.05, 4.69) is 24.8 Å². The van der Waals surface area contributed by atoms with Gasteiger partial charge in [0.05, 0.1) is 30.5 Å². The molecule has 1 N–H and O–H groups in total. The molecule has 1 aliphatic rings. The van der Waals surface area contributed by atoms with Gasteiger partial charge in [-0.05, 0) is 48.4 Å². The zero-order chi connectivity index (χ0) is 22.7. The molecule has 166 valence electrons. The third-order valence-corrected chi connectivity index (χ3v) is 5.72. The standard InChI is InChI=1S/C26H28N2O4/c1-4-12-32-22-11-10-17(14-23(22)31-3)13-18-15-28(5-2)16-20-24(26(29)30)19-8-6-7-9-21(19)27-25(18)20/h6-11,13-14H,4-5,12,15-16H2,1-3H3,(H,29,30)/b18-13+. The number of likely N-dealkylation sites (N-methyl/N-ethyl adjacent to an activating group) is 1. The molecule has 0 radical (unpaired) electrons. The van der Waals surface area contributed by atoms with Crippen LogP contribution in [0.1, 0.15) is 47.4 Å². The topological polar surface area (TPSA) is 71.9 Å². The van der Waals surface area contributed by atoms with Gasteiger partial charge in [0, 0.05) is 24.0 Å². The minimum atomic E-state index is -0.920. The van der Waals surface area contributed by atoms with Crippen LogP contribution in [0.25, 0.3) is 22.6 Å². The molecule has 1 aliphatic heterocycles. The highest BCUT2D eigenvalue weighted by atomic mass is 16.5. The smallest absolute Gasteiger partial charge is 0.336 e. The van der Waals surface area contributed by atoms with Crippen LogP contribution in [0, 0.1) is 0 Å². The number of para-hydroxylation sites is 1. The number of hydrogen-bond acceptors (Lipinski definition) is 5. The van der Waals surface area contributed by atoms with Crippen LogP contribution in [0.5, 0.6) is 11.5 Å². The molecule has 1 aromatic heterocycles. The van der Waals surface area contributed by atoms with Crippen LogP contribution in [-0.2, 0) is 6.54 Å². The van der Waals surface area contributed by atoms with Crippen molar-refractivity contribution in [2.45, 2.75) is 26.8 Å². The quantitative estimate of drug-likeness (QED) is 0.560. The van der Waals surface area contributed by atoms with Gasteiger partial charge < -0.3 is 14.6 Å². The molecule has 0 bridgehead atoms. The molecule has 0 saturated heterocycles. The number of ether oxygens (including phenoxy) is 2. The predicted molar refractivity (Wildman–Crippen MR) is 126 cm³/mol. The van der Waals surface area contributed by atoms with Crippen LogP contribution in [-0.4, -0.2) is 47.8 Å². The normalized spacial score (nSPS) is 15.0. The summed E-state index contributed by atoms with van der Waals surface area (Å²) in [6.07, 6.45) is 2.99. The van der Waals surface area contributed by atoms with Crippen molar-refractivity contribution in [1.29, 1.82) is 0 Å². The van der Waals surface area contributed by atoms with Gasteiger partial charge in [-0.25, -0.2) is 9.78 Å². The minimum absolute atomic E-state index is 0.343. The highest BCUT2D eigenvalue weighted by Crippen LogP contribution is 2.35. The van der Waals surface area contributed by atoms with Gasteiger partial charge in [-0.2, -0.15) is 0 Å². The molecular formula is C26H28N2O4. The van der Waals surface area contributed by atoms with Gasteiger partial charge in [0.25, 0.3) is 0 Å². The molecule has 0 amide bonds. The molecule has 2 aromatic carbocycles. The van der Waals surface area contributed by atoms with Crippen molar-refractivity contribution in [3.63, 3.8) is 0 Å². The van der Waals surface area contributed by atoms with Crippen molar-refractivity contribution in [3.8, 4) is 11.5 Å². The maximum atomic E-state index is 12.3. The number of aromatic carboxylic acids is 1. The molecule has 0 atom stereocenters. The maximum absolute atomic E-state index is 12.3. The van der Waals surface area contributed by atoms with Gasteiger partial charge in [0.1, 0.15) is 0 Å². The molecular weight excluding hydrogens is 404 g/mol. The summed E-state index contributed by atoms with van der Waals surface area (Å²) < 4.78 is 11.3. The second kappa shape index (κ2) is 9.40. The van der Waals surface area contributed by atoms with E-state index in [-0.39, 0.29) is 0 Å². The summed E-state index contributed by atoms with van der Waals surface area (Å²) in [5, 5.41) is 10.7. The van der Waals surface area contributed by atoms with E-state index >= 15 is 0 Å². The maximum Gasteiger partial charge on any atom is 0.336 e. The van der Waals surface area contributed by atoms with Crippen LogP contribution >= 0.6 is 0 Å². The number of hydrogen-bond donors (Lipinski definition) is 1. The van der Waals surface area contributed by atoms with E-state index < -0.39 is 5.97 Å². The number of methoxy groups -OCH3 is 1. The number of benzene rings is 2. The third kappa shape index (κ3) is 4.18. The summed E-state index contributed by atoms with van der Waals surface area (Å²) in [4.78, 5) is 19.4. The Balaban J connectivity index is 1.86. The zero-order valence-electron chi connectivity index (χ0n) is 18.7. The number of pyridine rings is 1. The van der Waals surface area contributed by atoms with Crippen LogP contribution in [0.3, 0.4) is 0 Å². The Kier molecular flexibility index (Phi) is 6.42. The van der Waals surface area contributed by atoms with E-state index in [4.69, 9.17) is 14.5 Å². The van der Waals surface area contributed by atoms with Gasteiger partial charge >= 0.3 is 5.97 Å². The van der Waals surface area contributed by atoms with Gasteiger partial charge in [0.2, 0.25) is 0 Å². The van der Waals surface area contributed by atoms with Gasteiger partial charge in [-0.1, -0.05) is 38.1 Å². The first kappa shape index (κ1) is 21.8. The number of carbonyl (C=O) groups is 1. The average molecular weight is 433 g/mol. The molecule has 2 heterocycles. The van der Waals surface area contributed by atoms with Crippen LogP contribution < -0.4 is 9.47 Å². The Morgan fingerprint density at radius 2 is 1.97 bits per heavy atom. The fourth-order valence-electron chi connectivity index (χ4n) is 4.15. The SMILES string of the molecule is CCCOc1ccc(/C=C2\CN(CC)Cc3c2nc2ccccc2c3C(=O)O)cc1OC. The van der Waals surface area contributed by atoms with Crippen LogP contribution in [0.4, 0.5) is 0 Å². The largest absolute Gasteiger partial charge is 0.493 e. The molecule has 4 rings (SSSR count). The van der Waals surface area contributed by atoms with Crippen molar-refractivity contribution >= 4 is 28.5 Å². The summed E-state index contributed by atoms with van der Waals surface area (Å²) >= 11 is 0. The minimum Gasteiger partial charge on any atom is -0.493 e. The molecule has 0 saturated carbocycles. The van der Waals surface area contributed by atoms with Gasteiger partial charge in [0.15, 0.2) is 11.5 Å². The number of aromatic nitrogens is 1. The second-order valence-corrected chi connectivity index (χ2v) is 7.87. The van der Waals surface area contributed by atoms with Gasteiger partial charge in [-0.15, -0.1) is 0 Å². The van der Waals surface area contributed by atoms with Crippen molar-refractivity contribution in [3.05, 3.63) is 64.8 Å². The lowest BCUT2D eigenvalue weighted by molar-refractivity contribution is 0.0696. The fourth-order valence-corrected chi connectivity index (χ4v) is 4.15. The van der Waals surface area contributed by atoms with Crippen LogP contribution in [0.15, 0.2) is 42.5 Å². The highest BCUT2D eigenvalue weighted by Gasteiger charge is 2.28. The lowest BCUT2D eigenvalue weighted by Gasteiger charge is -2.30. The lowest BCUT2D eigenvalue weighted by atomic mass is 9.92. The van der Waals surface area contributed by atoms with Crippen molar-refractivity contribution < 1.29 is 19.4 Å². The first-order valence-corrected chi connectivity index (χ1v) is 10.9. The summed E-state index contributed by atoms with van der Waals surface area (Å²) in [5.41, 5.74) is 4.51.